The van der Waals surface area contributed by atoms with Crippen LogP contribution < -0.4 is 5.73 Å². The Hall–Kier alpha value is -0.480. The summed E-state index contributed by atoms with van der Waals surface area (Å²) in [6.07, 6.45) is -4.85. The standard InChI is InChI=1S/C6H13NO5.C2H4O2.ClH/c7-3-5(10)4(9)2(1-8)12-6(3)11;1-2(3)4;/h2-6,8-11H,1,7H2;1H3,(H,3,4);1H/t2-,3-,4-,5-,6?;;/m1../s1. The highest BCUT2D eigenvalue weighted by Crippen LogP contribution is 2.17. The molecule has 0 radical (unpaired) electrons. The molecule has 0 aromatic carbocycles. The summed E-state index contributed by atoms with van der Waals surface area (Å²) in [6.45, 7) is 0.613. The fraction of sp³-hybridized carbons (Fsp3) is 0.875. The van der Waals surface area contributed by atoms with Gasteiger partial charge in [-0.25, -0.2) is 0 Å². The maximum Gasteiger partial charge on any atom is 0.300 e. The predicted molar refractivity (Wildman–Crippen MR) is 58.5 cm³/mol. The van der Waals surface area contributed by atoms with E-state index in [4.69, 9.17) is 30.6 Å². The molecule has 104 valence electrons. The van der Waals surface area contributed by atoms with Crippen molar-refractivity contribution in [2.24, 2.45) is 5.73 Å². The Bertz CT molecular complexity index is 221. The number of ether oxygens (including phenoxy) is 1. The van der Waals surface area contributed by atoms with Crippen LogP contribution >= 0.6 is 12.4 Å². The molecule has 17 heavy (non-hydrogen) atoms. The van der Waals surface area contributed by atoms with Crippen molar-refractivity contribution in [2.75, 3.05) is 6.61 Å². The molecule has 1 aliphatic rings. The van der Waals surface area contributed by atoms with Crippen LogP contribution in [0.3, 0.4) is 0 Å². The SMILES string of the molecule is CC(=O)O.Cl.N[C@H]1C(O)O[C@H](CO)[C@@H](O)[C@@H]1O. The van der Waals surface area contributed by atoms with Gasteiger partial charge in [-0.2, -0.15) is 0 Å². The molecule has 1 rings (SSSR count). The fourth-order valence-electron chi connectivity index (χ4n) is 1.12. The van der Waals surface area contributed by atoms with Gasteiger partial charge in [0.25, 0.3) is 5.97 Å². The Morgan fingerprint density at radius 1 is 1.29 bits per heavy atom. The van der Waals surface area contributed by atoms with Gasteiger partial charge in [-0.3, -0.25) is 4.79 Å². The number of rotatable bonds is 1. The first kappa shape index (κ1) is 18.9. The molecule has 0 amide bonds. The van der Waals surface area contributed by atoms with Crippen molar-refractivity contribution in [2.45, 2.75) is 37.6 Å². The molecule has 0 spiro atoms. The molecule has 0 saturated carbocycles. The minimum atomic E-state index is -1.35. The zero-order valence-electron chi connectivity index (χ0n) is 9.13. The molecule has 1 aliphatic heterocycles. The van der Waals surface area contributed by atoms with E-state index < -0.39 is 43.2 Å². The van der Waals surface area contributed by atoms with Crippen LogP contribution in [0.1, 0.15) is 6.92 Å². The lowest BCUT2D eigenvalue weighted by molar-refractivity contribution is -0.248. The quantitative estimate of drug-likeness (QED) is 0.301. The Morgan fingerprint density at radius 2 is 1.71 bits per heavy atom. The molecule has 0 aromatic rings. The first-order chi connectivity index (χ1) is 7.31. The van der Waals surface area contributed by atoms with Crippen LogP contribution in [0.25, 0.3) is 0 Å². The van der Waals surface area contributed by atoms with Gasteiger partial charge in [0, 0.05) is 6.92 Å². The Morgan fingerprint density at radius 3 is 2.06 bits per heavy atom. The van der Waals surface area contributed by atoms with E-state index in [2.05, 4.69) is 0 Å². The molecular formula is C8H18ClNO7. The molecule has 7 N–H and O–H groups in total. The van der Waals surface area contributed by atoms with Gasteiger partial charge in [-0.1, -0.05) is 0 Å². The van der Waals surface area contributed by atoms with Crippen molar-refractivity contribution >= 4 is 18.4 Å². The average Bonchev–Trinajstić information content (AvgIpc) is 2.19. The van der Waals surface area contributed by atoms with Gasteiger partial charge in [-0.15, -0.1) is 12.4 Å². The van der Waals surface area contributed by atoms with Crippen molar-refractivity contribution in [3.8, 4) is 0 Å². The molecule has 0 bridgehead atoms. The average molecular weight is 276 g/mol. The highest BCUT2D eigenvalue weighted by atomic mass is 35.5. The zero-order valence-corrected chi connectivity index (χ0v) is 9.95. The molecule has 1 unspecified atom stereocenters. The number of carboxylic acid groups (broad SMARTS) is 1. The van der Waals surface area contributed by atoms with Gasteiger partial charge in [0.15, 0.2) is 6.29 Å². The van der Waals surface area contributed by atoms with Gasteiger partial charge in [0.05, 0.1) is 12.6 Å². The molecule has 8 nitrogen and oxygen atoms in total. The summed E-state index contributed by atoms with van der Waals surface area (Å²) in [4.78, 5) is 9.00. The minimum absolute atomic E-state index is 0. The minimum Gasteiger partial charge on any atom is -0.481 e. The van der Waals surface area contributed by atoms with Gasteiger partial charge >= 0.3 is 0 Å². The number of carboxylic acids is 1. The fourth-order valence-corrected chi connectivity index (χ4v) is 1.12. The van der Waals surface area contributed by atoms with E-state index in [1.54, 1.807) is 0 Å². The summed E-state index contributed by atoms with van der Waals surface area (Å²) in [6, 6.07) is -1.04. The largest absolute Gasteiger partial charge is 0.481 e. The van der Waals surface area contributed by atoms with E-state index in [0.717, 1.165) is 6.92 Å². The van der Waals surface area contributed by atoms with Crippen molar-refractivity contribution in [3.63, 3.8) is 0 Å². The number of aliphatic hydroxyl groups excluding tert-OH is 4. The number of hydrogen-bond donors (Lipinski definition) is 6. The summed E-state index contributed by atoms with van der Waals surface area (Å²) >= 11 is 0. The number of aliphatic hydroxyl groups is 4. The maximum atomic E-state index is 9.20. The van der Waals surface area contributed by atoms with Gasteiger partial charge < -0.3 is 36.0 Å². The maximum absolute atomic E-state index is 9.20. The van der Waals surface area contributed by atoms with E-state index in [1.165, 1.54) is 0 Å². The molecule has 9 heteroatoms. The smallest absolute Gasteiger partial charge is 0.300 e. The molecular weight excluding hydrogens is 258 g/mol. The van der Waals surface area contributed by atoms with Crippen LogP contribution in [0.5, 0.6) is 0 Å². The normalized spacial score (nSPS) is 36.2. The second-order valence-corrected chi connectivity index (χ2v) is 3.33. The molecule has 5 atom stereocenters. The first-order valence-corrected chi connectivity index (χ1v) is 4.56. The van der Waals surface area contributed by atoms with Crippen molar-refractivity contribution < 1.29 is 35.1 Å². The molecule has 0 aliphatic carbocycles. The lowest BCUT2D eigenvalue weighted by atomic mass is 9.98. The monoisotopic (exact) mass is 275 g/mol. The third kappa shape index (κ3) is 6.13. The molecule has 1 heterocycles. The van der Waals surface area contributed by atoms with E-state index in [1.807, 2.05) is 0 Å². The van der Waals surface area contributed by atoms with Crippen LogP contribution in [0.4, 0.5) is 0 Å². The molecule has 0 aromatic heterocycles. The number of halogens is 1. The Balaban J connectivity index is 0. The highest BCUT2D eigenvalue weighted by molar-refractivity contribution is 5.85. The summed E-state index contributed by atoms with van der Waals surface area (Å²) in [5.74, 6) is -0.833. The summed E-state index contributed by atoms with van der Waals surface area (Å²) < 4.78 is 4.70. The van der Waals surface area contributed by atoms with Gasteiger partial charge in [0.2, 0.25) is 0 Å². The van der Waals surface area contributed by atoms with Crippen molar-refractivity contribution in [3.05, 3.63) is 0 Å². The van der Waals surface area contributed by atoms with Crippen LogP contribution in [0, 0.1) is 0 Å². The van der Waals surface area contributed by atoms with E-state index >= 15 is 0 Å². The van der Waals surface area contributed by atoms with Gasteiger partial charge in [-0.05, 0) is 0 Å². The molecule has 1 saturated heterocycles. The number of hydrogen-bond acceptors (Lipinski definition) is 7. The number of aliphatic carboxylic acids is 1. The third-order valence-corrected chi connectivity index (χ3v) is 1.95. The Kier molecular flexibility index (Phi) is 9.53. The van der Waals surface area contributed by atoms with Crippen LogP contribution in [0.15, 0.2) is 0 Å². The van der Waals surface area contributed by atoms with Crippen molar-refractivity contribution in [1.29, 1.82) is 0 Å². The lowest BCUT2D eigenvalue weighted by Crippen LogP contribution is -2.61. The van der Waals surface area contributed by atoms with E-state index in [9.17, 15) is 10.2 Å². The van der Waals surface area contributed by atoms with E-state index in [-0.39, 0.29) is 12.4 Å². The van der Waals surface area contributed by atoms with Crippen molar-refractivity contribution in [1.82, 2.24) is 0 Å². The van der Waals surface area contributed by atoms with Crippen LogP contribution in [-0.4, -0.2) is 68.8 Å². The van der Waals surface area contributed by atoms with Gasteiger partial charge in [0.1, 0.15) is 18.3 Å². The lowest BCUT2D eigenvalue weighted by Gasteiger charge is -2.38. The topological polar surface area (TPSA) is 153 Å². The number of nitrogens with two attached hydrogens (primary N) is 1. The zero-order chi connectivity index (χ0) is 12.9. The first-order valence-electron chi connectivity index (χ1n) is 4.56. The second kappa shape index (κ2) is 8.59. The number of carbonyl (C=O) groups is 1. The van der Waals surface area contributed by atoms with Crippen LogP contribution in [0.2, 0.25) is 0 Å². The Labute approximate surface area is 104 Å². The molecule has 1 fully saturated rings. The van der Waals surface area contributed by atoms with Crippen LogP contribution in [-0.2, 0) is 9.53 Å². The highest BCUT2D eigenvalue weighted by Gasteiger charge is 2.41. The summed E-state index contributed by atoms with van der Waals surface area (Å²) in [5.41, 5.74) is 5.26. The summed E-state index contributed by atoms with van der Waals surface area (Å²) in [5, 5.41) is 43.5. The third-order valence-electron chi connectivity index (χ3n) is 1.95. The second-order valence-electron chi connectivity index (χ2n) is 3.33. The van der Waals surface area contributed by atoms with E-state index in [0.29, 0.717) is 0 Å². The predicted octanol–water partition coefficient (Wildman–Crippen LogP) is -2.74. The summed E-state index contributed by atoms with van der Waals surface area (Å²) in [7, 11) is 0.